The van der Waals surface area contributed by atoms with Gasteiger partial charge >= 0.3 is 0 Å². The first-order valence-corrected chi connectivity index (χ1v) is 7.81. The van der Waals surface area contributed by atoms with Crippen LogP contribution in [0.3, 0.4) is 0 Å². The lowest BCUT2D eigenvalue weighted by molar-refractivity contribution is 0.470. The van der Waals surface area contributed by atoms with Crippen LogP contribution in [0.15, 0.2) is 16.7 Å². The average Bonchev–Trinajstić information content (AvgIpc) is 3.05. The topological polar surface area (TPSA) is 55.9 Å². The molecule has 0 atom stereocenters. The molecule has 0 saturated heterocycles. The van der Waals surface area contributed by atoms with Crippen molar-refractivity contribution in [2.24, 2.45) is 5.92 Å². The largest absolute Gasteiger partial charge is 0.467 e. The minimum atomic E-state index is 0.653. The fourth-order valence-corrected chi connectivity index (χ4v) is 2.22. The normalized spacial score (nSPS) is 11.5. The van der Waals surface area contributed by atoms with E-state index in [1.54, 1.807) is 0 Å². The maximum absolute atomic E-state index is 5.64. The molecule has 1 N–H and O–H groups in total. The summed E-state index contributed by atoms with van der Waals surface area (Å²) >= 11 is 0. The van der Waals surface area contributed by atoms with Crippen molar-refractivity contribution in [3.05, 3.63) is 35.3 Å². The van der Waals surface area contributed by atoms with Crippen LogP contribution in [0.25, 0.3) is 0 Å². The van der Waals surface area contributed by atoms with Gasteiger partial charge in [0.1, 0.15) is 18.1 Å². The predicted molar refractivity (Wildman–Crippen MR) is 83.1 cm³/mol. The number of aromatic nitrogens is 3. The Labute approximate surface area is 126 Å². The first-order valence-electron chi connectivity index (χ1n) is 7.81. The minimum absolute atomic E-state index is 0.653. The monoisotopic (exact) mass is 290 g/mol. The number of furan rings is 1. The van der Waals surface area contributed by atoms with Gasteiger partial charge in [-0.3, -0.25) is 0 Å². The fourth-order valence-electron chi connectivity index (χ4n) is 2.22. The van der Waals surface area contributed by atoms with Gasteiger partial charge in [0.2, 0.25) is 0 Å². The van der Waals surface area contributed by atoms with Crippen LogP contribution < -0.4 is 5.32 Å². The summed E-state index contributed by atoms with van der Waals surface area (Å²) < 4.78 is 7.59. The van der Waals surface area contributed by atoms with E-state index in [0.29, 0.717) is 12.5 Å². The molecule has 0 saturated carbocycles. The van der Waals surface area contributed by atoms with Crippen LogP contribution >= 0.6 is 0 Å². The van der Waals surface area contributed by atoms with Gasteiger partial charge in [0, 0.05) is 24.9 Å². The SMILES string of the molecule is CCc1nc(CC)n(Cc2cc(CNCC(C)C)co2)n1. The van der Waals surface area contributed by atoms with Crippen LogP contribution in [0.4, 0.5) is 0 Å². The minimum Gasteiger partial charge on any atom is -0.467 e. The van der Waals surface area contributed by atoms with E-state index < -0.39 is 0 Å². The summed E-state index contributed by atoms with van der Waals surface area (Å²) in [7, 11) is 0. The summed E-state index contributed by atoms with van der Waals surface area (Å²) in [6.45, 7) is 11.1. The Kier molecular flexibility index (Phi) is 5.56. The van der Waals surface area contributed by atoms with Crippen LogP contribution in [-0.2, 0) is 25.9 Å². The summed E-state index contributed by atoms with van der Waals surface area (Å²) in [6, 6.07) is 2.10. The molecule has 5 heteroatoms. The molecular formula is C16H26N4O. The van der Waals surface area contributed by atoms with Gasteiger partial charge in [0.25, 0.3) is 0 Å². The molecule has 0 bridgehead atoms. The summed E-state index contributed by atoms with van der Waals surface area (Å²) in [5.41, 5.74) is 1.18. The molecule has 0 aliphatic rings. The Morgan fingerprint density at radius 1 is 1.29 bits per heavy atom. The van der Waals surface area contributed by atoms with Gasteiger partial charge in [-0.15, -0.1) is 0 Å². The summed E-state index contributed by atoms with van der Waals surface area (Å²) in [6.07, 6.45) is 3.57. The van der Waals surface area contributed by atoms with Crippen molar-refractivity contribution >= 4 is 0 Å². The number of rotatable bonds is 8. The second-order valence-corrected chi connectivity index (χ2v) is 5.76. The fraction of sp³-hybridized carbons (Fsp3) is 0.625. The first kappa shape index (κ1) is 15.8. The van der Waals surface area contributed by atoms with Crippen molar-refractivity contribution in [3.63, 3.8) is 0 Å². The van der Waals surface area contributed by atoms with Gasteiger partial charge in [-0.05, 0) is 18.5 Å². The highest BCUT2D eigenvalue weighted by Crippen LogP contribution is 2.11. The molecule has 0 aromatic carbocycles. The lowest BCUT2D eigenvalue weighted by Gasteiger charge is -2.04. The third-order valence-corrected chi connectivity index (χ3v) is 3.32. The molecular weight excluding hydrogens is 264 g/mol. The summed E-state index contributed by atoms with van der Waals surface area (Å²) in [4.78, 5) is 4.52. The van der Waals surface area contributed by atoms with E-state index in [9.17, 15) is 0 Å². The smallest absolute Gasteiger partial charge is 0.150 e. The zero-order chi connectivity index (χ0) is 15.2. The third kappa shape index (κ3) is 4.43. The van der Waals surface area contributed by atoms with Crippen LogP contribution in [0.1, 0.15) is 50.7 Å². The highest BCUT2D eigenvalue weighted by Gasteiger charge is 2.10. The molecule has 2 aromatic rings. The molecule has 116 valence electrons. The molecule has 2 aromatic heterocycles. The lowest BCUT2D eigenvalue weighted by atomic mass is 10.2. The van der Waals surface area contributed by atoms with Crippen molar-refractivity contribution in [2.45, 2.75) is 53.6 Å². The number of hydrogen-bond acceptors (Lipinski definition) is 4. The number of nitrogens with zero attached hydrogens (tertiary/aromatic N) is 3. The third-order valence-electron chi connectivity index (χ3n) is 3.32. The second kappa shape index (κ2) is 7.41. The standard InChI is InChI=1S/C16H26N4O/c1-5-15-18-16(6-2)20(19-15)10-14-7-13(11-21-14)9-17-8-12(3)4/h7,11-12,17H,5-6,8-10H2,1-4H3. The highest BCUT2D eigenvalue weighted by molar-refractivity contribution is 5.13. The van der Waals surface area contributed by atoms with Gasteiger partial charge in [0.05, 0.1) is 6.26 Å². The van der Waals surface area contributed by atoms with E-state index in [1.165, 1.54) is 5.56 Å². The van der Waals surface area contributed by atoms with Crippen LogP contribution in [0, 0.1) is 5.92 Å². The quantitative estimate of drug-likeness (QED) is 0.812. The number of hydrogen-bond donors (Lipinski definition) is 1. The number of aryl methyl sites for hydroxylation is 2. The molecule has 0 radical (unpaired) electrons. The van der Waals surface area contributed by atoms with Gasteiger partial charge in [-0.1, -0.05) is 27.7 Å². The molecule has 0 spiro atoms. The van der Waals surface area contributed by atoms with E-state index in [2.05, 4.69) is 49.2 Å². The Morgan fingerprint density at radius 3 is 2.76 bits per heavy atom. The number of nitrogens with one attached hydrogen (secondary N) is 1. The van der Waals surface area contributed by atoms with Crippen molar-refractivity contribution in [1.82, 2.24) is 20.1 Å². The predicted octanol–water partition coefficient (Wildman–Crippen LogP) is 2.79. The maximum Gasteiger partial charge on any atom is 0.150 e. The molecule has 0 unspecified atom stereocenters. The Morgan fingerprint density at radius 2 is 2.10 bits per heavy atom. The summed E-state index contributed by atoms with van der Waals surface area (Å²) in [5, 5.41) is 7.94. The Balaban J connectivity index is 1.97. The molecule has 2 rings (SSSR count). The average molecular weight is 290 g/mol. The van der Waals surface area contributed by atoms with Gasteiger partial charge < -0.3 is 9.73 Å². The van der Waals surface area contributed by atoms with Crippen molar-refractivity contribution in [3.8, 4) is 0 Å². The van der Waals surface area contributed by atoms with Crippen LogP contribution in [0.2, 0.25) is 0 Å². The second-order valence-electron chi connectivity index (χ2n) is 5.76. The van der Waals surface area contributed by atoms with Crippen molar-refractivity contribution in [1.29, 1.82) is 0 Å². The molecule has 0 aliphatic heterocycles. The Hall–Kier alpha value is -1.62. The zero-order valence-electron chi connectivity index (χ0n) is 13.5. The van der Waals surface area contributed by atoms with E-state index >= 15 is 0 Å². The van der Waals surface area contributed by atoms with E-state index in [4.69, 9.17) is 4.42 Å². The van der Waals surface area contributed by atoms with Gasteiger partial charge in [-0.25, -0.2) is 9.67 Å². The highest BCUT2D eigenvalue weighted by atomic mass is 16.3. The van der Waals surface area contributed by atoms with Crippen molar-refractivity contribution in [2.75, 3.05) is 6.54 Å². The van der Waals surface area contributed by atoms with Gasteiger partial charge in [-0.2, -0.15) is 5.10 Å². The maximum atomic E-state index is 5.64. The lowest BCUT2D eigenvalue weighted by Crippen LogP contribution is -2.18. The van der Waals surface area contributed by atoms with E-state index in [1.807, 2.05) is 10.9 Å². The molecule has 21 heavy (non-hydrogen) atoms. The van der Waals surface area contributed by atoms with E-state index in [-0.39, 0.29) is 0 Å². The van der Waals surface area contributed by atoms with Gasteiger partial charge in [0.15, 0.2) is 5.82 Å². The van der Waals surface area contributed by atoms with Crippen molar-refractivity contribution < 1.29 is 4.42 Å². The van der Waals surface area contributed by atoms with E-state index in [0.717, 1.165) is 43.3 Å². The Bertz CT molecular complexity index is 556. The molecule has 0 fully saturated rings. The molecule has 5 nitrogen and oxygen atoms in total. The summed E-state index contributed by atoms with van der Waals surface area (Å²) in [5.74, 6) is 3.50. The van der Waals surface area contributed by atoms with Crippen LogP contribution in [0.5, 0.6) is 0 Å². The van der Waals surface area contributed by atoms with Crippen LogP contribution in [-0.4, -0.2) is 21.3 Å². The molecule has 0 amide bonds. The first-order chi connectivity index (χ1) is 10.1. The molecule has 0 aliphatic carbocycles. The molecule has 2 heterocycles. The zero-order valence-corrected chi connectivity index (χ0v) is 13.5.